The van der Waals surface area contributed by atoms with Crippen LogP contribution < -0.4 is 0 Å². The van der Waals surface area contributed by atoms with Gasteiger partial charge in [-0.3, -0.25) is 0 Å². The Kier molecular flexibility index (Phi) is 1.49. The number of aromatic nitrogens is 3. The van der Waals surface area contributed by atoms with Gasteiger partial charge in [0.15, 0.2) is 5.40 Å². The van der Waals surface area contributed by atoms with Gasteiger partial charge < -0.3 is 0 Å². The van der Waals surface area contributed by atoms with Crippen molar-refractivity contribution in [2.45, 2.75) is 0 Å². The van der Waals surface area contributed by atoms with Crippen molar-refractivity contribution in [2.75, 3.05) is 0 Å². The summed E-state index contributed by atoms with van der Waals surface area (Å²) in [4.78, 5) is 0. The largest absolute Gasteiger partial charge is 0.183 e. The highest BCUT2D eigenvalue weighted by atomic mass is 32.2. The molecule has 0 unspecified atom stereocenters. The van der Waals surface area contributed by atoms with Gasteiger partial charge in [-0.25, -0.2) is 0 Å². The van der Waals surface area contributed by atoms with Crippen molar-refractivity contribution in [1.82, 2.24) is 14.4 Å². The van der Waals surface area contributed by atoms with Crippen LogP contribution in [0.2, 0.25) is 0 Å². The molecule has 0 aliphatic heterocycles. The van der Waals surface area contributed by atoms with Crippen LogP contribution in [0.1, 0.15) is 0 Å². The molecule has 0 spiro atoms. The van der Waals surface area contributed by atoms with Crippen LogP contribution in [-0.2, 0) is 0 Å². The zero-order valence-corrected chi connectivity index (χ0v) is 4.59. The summed E-state index contributed by atoms with van der Waals surface area (Å²) in [6.07, 6.45) is 3.92. The Morgan fingerprint density at radius 1 is 1.88 bits per heavy atom. The maximum atomic E-state index is 8.05. The zero-order chi connectivity index (χ0) is 5.82. The lowest BCUT2D eigenvalue weighted by Gasteiger charge is -1.80. The molecular formula is C3HN4S. The molecule has 1 heterocycles. The normalized spacial score (nSPS) is 8.38. The van der Waals surface area contributed by atoms with Crippen molar-refractivity contribution in [1.29, 1.82) is 5.26 Å². The average molecular weight is 125 g/mol. The second kappa shape index (κ2) is 2.33. The van der Waals surface area contributed by atoms with Crippen LogP contribution in [0.4, 0.5) is 0 Å². The lowest BCUT2D eigenvalue weighted by atomic mass is 11.0. The first-order valence-electron chi connectivity index (χ1n) is 1.78. The van der Waals surface area contributed by atoms with Crippen LogP contribution in [-0.4, -0.2) is 14.4 Å². The third-order valence-corrected chi connectivity index (χ3v) is 0.940. The molecule has 0 saturated heterocycles. The Morgan fingerprint density at radius 2 is 2.75 bits per heavy atom. The molecule has 0 aliphatic carbocycles. The smallest absolute Gasteiger partial charge is 0.157 e. The van der Waals surface area contributed by atoms with E-state index in [2.05, 4.69) is 16.5 Å². The van der Waals surface area contributed by atoms with Gasteiger partial charge in [-0.15, -0.1) is 5.10 Å². The maximum absolute atomic E-state index is 8.05. The predicted molar refractivity (Wildman–Crippen MR) is 27.5 cm³/mol. The summed E-state index contributed by atoms with van der Waals surface area (Å²) in [5.74, 6) is 0. The molecule has 0 saturated carbocycles. The number of nitrogens with zero attached hydrogens (tertiary/aromatic N) is 4. The van der Waals surface area contributed by atoms with Crippen LogP contribution in [0.5, 0.6) is 0 Å². The topological polar surface area (TPSA) is 54.5 Å². The summed E-state index contributed by atoms with van der Waals surface area (Å²) in [7, 11) is 0. The van der Waals surface area contributed by atoms with E-state index in [4.69, 9.17) is 5.26 Å². The van der Waals surface area contributed by atoms with Crippen LogP contribution >= 0.6 is 11.9 Å². The Balaban J connectivity index is 2.67. The summed E-state index contributed by atoms with van der Waals surface area (Å²) in [6.45, 7) is 0. The molecule has 1 radical (unpaired) electrons. The second-order valence-electron chi connectivity index (χ2n) is 0.933. The Morgan fingerprint density at radius 3 is 3.25 bits per heavy atom. The first-order chi connectivity index (χ1) is 3.93. The van der Waals surface area contributed by atoms with Crippen LogP contribution in [0.25, 0.3) is 0 Å². The third-order valence-electron chi connectivity index (χ3n) is 0.493. The number of nitriles is 1. The first kappa shape index (κ1) is 5.12. The molecule has 0 aliphatic rings. The number of thiocyanates is 1. The van der Waals surface area contributed by atoms with Crippen molar-refractivity contribution >= 4 is 11.9 Å². The van der Waals surface area contributed by atoms with Crippen molar-refractivity contribution in [3.05, 3.63) is 12.4 Å². The van der Waals surface area contributed by atoms with Gasteiger partial charge in [0.2, 0.25) is 0 Å². The van der Waals surface area contributed by atoms with Gasteiger partial charge in [-0.1, -0.05) is 5.21 Å². The second-order valence-corrected chi connectivity index (χ2v) is 1.67. The highest BCUT2D eigenvalue weighted by Gasteiger charge is 1.85. The molecule has 1 aromatic rings. The SMILES string of the molecule is N#CSn1c[c]nn1. The van der Waals surface area contributed by atoms with E-state index < -0.39 is 0 Å². The van der Waals surface area contributed by atoms with Crippen molar-refractivity contribution in [3.8, 4) is 5.40 Å². The lowest BCUT2D eigenvalue weighted by Crippen LogP contribution is -1.82. The number of rotatable bonds is 1. The monoisotopic (exact) mass is 125 g/mol. The number of hydrogen-bond donors (Lipinski definition) is 0. The minimum Gasteiger partial charge on any atom is -0.183 e. The summed E-state index contributed by atoms with van der Waals surface area (Å²) in [5.41, 5.74) is 0. The molecule has 5 heteroatoms. The average Bonchev–Trinajstić information content (AvgIpc) is 2.19. The van der Waals surface area contributed by atoms with Crippen LogP contribution in [0.15, 0.2) is 6.20 Å². The van der Waals surface area contributed by atoms with Crippen molar-refractivity contribution < 1.29 is 0 Å². The van der Waals surface area contributed by atoms with Gasteiger partial charge in [0.1, 0.15) is 6.20 Å². The highest BCUT2D eigenvalue weighted by molar-refractivity contribution is 8.02. The molecule has 0 aromatic carbocycles. The Hall–Kier alpha value is -1.02. The third kappa shape index (κ3) is 0.978. The molecule has 0 amide bonds. The van der Waals surface area contributed by atoms with E-state index in [0.717, 1.165) is 11.9 Å². The first-order valence-corrected chi connectivity index (χ1v) is 2.55. The highest BCUT2D eigenvalue weighted by Crippen LogP contribution is 1.95. The fourth-order valence-electron chi connectivity index (χ4n) is 0.257. The Labute approximate surface area is 50.2 Å². The summed E-state index contributed by atoms with van der Waals surface area (Å²) in [6, 6.07) is 0. The van der Waals surface area contributed by atoms with E-state index in [1.807, 2.05) is 5.40 Å². The number of hydrogen-bond acceptors (Lipinski definition) is 4. The van der Waals surface area contributed by atoms with E-state index in [-0.39, 0.29) is 0 Å². The van der Waals surface area contributed by atoms with E-state index in [0.29, 0.717) is 0 Å². The van der Waals surface area contributed by atoms with Gasteiger partial charge in [-0.2, -0.15) is 9.35 Å². The van der Waals surface area contributed by atoms with Gasteiger partial charge >= 0.3 is 0 Å². The minimum absolute atomic E-state index is 0.899. The van der Waals surface area contributed by atoms with Crippen LogP contribution in [0.3, 0.4) is 0 Å². The molecule has 8 heavy (non-hydrogen) atoms. The van der Waals surface area contributed by atoms with Gasteiger partial charge in [0.05, 0.1) is 18.1 Å². The predicted octanol–water partition coefficient (Wildman–Crippen LogP) is 0.0557. The van der Waals surface area contributed by atoms with E-state index in [9.17, 15) is 0 Å². The van der Waals surface area contributed by atoms with Crippen LogP contribution in [0, 0.1) is 16.9 Å². The molecule has 1 aromatic heterocycles. The summed E-state index contributed by atoms with van der Waals surface area (Å²) in [5, 5.41) is 16.7. The minimum atomic E-state index is 0.899. The molecule has 39 valence electrons. The molecule has 0 fully saturated rings. The lowest BCUT2D eigenvalue weighted by molar-refractivity contribution is 0.892. The fourth-order valence-corrected chi connectivity index (χ4v) is 0.514. The summed E-state index contributed by atoms with van der Waals surface area (Å²) >= 11 is 0.899. The zero-order valence-electron chi connectivity index (χ0n) is 3.77. The fraction of sp³-hybridized carbons (Fsp3) is 0. The summed E-state index contributed by atoms with van der Waals surface area (Å²) < 4.78 is 1.32. The molecule has 1 rings (SSSR count). The quantitative estimate of drug-likeness (QED) is 0.498. The van der Waals surface area contributed by atoms with E-state index >= 15 is 0 Å². The maximum Gasteiger partial charge on any atom is 0.157 e. The van der Waals surface area contributed by atoms with Gasteiger partial charge in [0, 0.05) is 0 Å². The van der Waals surface area contributed by atoms with Crippen molar-refractivity contribution in [2.24, 2.45) is 0 Å². The molecule has 0 N–H and O–H groups in total. The molecule has 4 nitrogen and oxygen atoms in total. The van der Waals surface area contributed by atoms with E-state index in [1.165, 1.54) is 10.3 Å². The van der Waals surface area contributed by atoms with Gasteiger partial charge in [0.25, 0.3) is 0 Å². The van der Waals surface area contributed by atoms with Gasteiger partial charge in [-0.05, 0) is 0 Å². The van der Waals surface area contributed by atoms with Crippen molar-refractivity contribution in [3.63, 3.8) is 0 Å². The molecule has 0 bridgehead atoms. The molecular weight excluding hydrogens is 124 g/mol. The Bertz CT molecular complexity index is 186. The molecule has 0 atom stereocenters. The standard InChI is InChI=1S/C3HN4S/c4-3-8-7-2-1-5-6-7/h2H. The van der Waals surface area contributed by atoms with E-state index in [1.54, 1.807) is 0 Å².